The number of aryl methyl sites for hydroxylation is 1. The van der Waals surface area contributed by atoms with E-state index in [0.29, 0.717) is 11.1 Å². The molecule has 3 aromatic rings. The van der Waals surface area contributed by atoms with Crippen LogP contribution in [0.4, 0.5) is 0 Å². The Balaban J connectivity index is 1.55. The lowest BCUT2D eigenvalue weighted by molar-refractivity contribution is -0.909. The smallest absolute Gasteiger partial charge is 0.274 e. The number of ether oxygens (including phenoxy) is 1. The molecule has 0 spiro atoms. The molecule has 0 radical (unpaired) electrons. The van der Waals surface area contributed by atoms with Crippen molar-refractivity contribution in [1.82, 2.24) is 15.1 Å². The van der Waals surface area contributed by atoms with Gasteiger partial charge in [0.15, 0.2) is 0 Å². The molecule has 0 saturated carbocycles. The van der Waals surface area contributed by atoms with Gasteiger partial charge in [-0.2, -0.15) is 5.10 Å². The zero-order valence-corrected chi connectivity index (χ0v) is 17.1. The summed E-state index contributed by atoms with van der Waals surface area (Å²) in [6.45, 7) is 4.18. The highest BCUT2D eigenvalue weighted by molar-refractivity contribution is 5.88. The summed E-state index contributed by atoms with van der Waals surface area (Å²) in [5, 5.41) is 8.86. The summed E-state index contributed by atoms with van der Waals surface area (Å²) in [6.07, 6.45) is 0.121. The second-order valence-electron chi connectivity index (χ2n) is 7.70. The molecule has 1 atom stereocenters. The summed E-state index contributed by atoms with van der Waals surface area (Å²) < 4.78 is 6.77. The average Bonchev–Trinajstić information content (AvgIpc) is 2.78. The molecule has 30 heavy (non-hydrogen) atoms. The largest absolute Gasteiger partial charge is 0.370 e. The molecule has 2 N–H and O–H groups in total. The van der Waals surface area contributed by atoms with Crippen LogP contribution in [0, 0.1) is 0 Å². The number of nitrogens with zero attached hydrogens (tertiary/aromatic N) is 2. The predicted octanol–water partition coefficient (Wildman–Crippen LogP) is 0.249. The van der Waals surface area contributed by atoms with E-state index in [1.165, 1.54) is 9.58 Å². The zero-order chi connectivity index (χ0) is 20.9. The molecule has 1 aliphatic rings. The van der Waals surface area contributed by atoms with Gasteiger partial charge in [0.25, 0.3) is 5.56 Å². The van der Waals surface area contributed by atoms with Gasteiger partial charge < -0.3 is 15.0 Å². The summed E-state index contributed by atoms with van der Waals surface area (Å²) in [6, 6.07) is 17.3. The summed E-state index contributed by atoms with van der Waals surface area (Å²) in [5.74, 6) is -0.104. The molecule has 1 saturated heterocycles. The Morgan fingerprint density at radius 1 is 1.10 bits per heavy atom. The topological polar surface area (TPSA) is 77.7 Å². The highest BCUT2D eigenvalue weighted by atomic mass is 16.5. The van der Waals surface area contributed by atoms with Crippen molar-refractivity contribution in [2.45, 2.75) is 12.5 Å². The minimum absolute atomic E-state index is 0.0920. The third-order valence-corrected chi connectivity index (χ3v) is 5.59. The fourth-order valence-electron chi connectivity index (χ4n) is 3.99. The van der Waals surface area contributed by atoms with Gasteiger partial charge >= 0.3 is 0 Å². The van der Waals surface area contributed by atoms with Crippen LogP contribution < -0.4 is 15.8 Å². The lowest BCUT2D eigenvalue weighted by Gasteiger charge is -2.28. The fraction of sp³-hybridized carbons (Fsp3) is 0.348. The first-order chi connectivity index (χ1) is 14.6. The number of morpholine rings is 1. The van der Waals surface area contributed by atoms with Gasteiger partial charge in [-0.1, -0.05) is 48.5 Å². The van der Waals surface area contributed by atoms with Gasteiger partial charge in [-0.05, 0) is 11.6 Å². The number of benzene rings is 2. The maximum Gasteiger partial charge on any atom is 0.274 e. The number of aromatic nitrogens is 2. The van der Waals surface area contributed by atoms with Crippen molar-refractivity contribution in [3.05, 3.63) is 76.2 Å². The lowest BCUT2D eigenvalue weighted by Crippen LogP contribution is -3.14. The summed E-state index contributed by atoms with van der Waals surface area (Å²) in [7, 11) is 1.62. The van der Waals surface area contributed by atoms with E-state index in [1.54, 1.807) is 13.1 Å². The molecule has 2 heterocycles. The van der Waals surface area contributed by atoms with Crippen LogP contribution >= 0.6 is 0 Å². The first kappa shape index (κ1) is 20.3. The molecule has 4 rings (SSSR count). The predicted molar refractivity (Wildman–Crippen MR) is 114 cm³/mol. The molecule has 7 heteroatoms. The van der Waals surface area contributed by atoms with Gasteiger partial charge in [0.1, 0.15) is 25.7 Å². The van der Waals surface area contributed by atoms with E-state index < -0.39 is 0 Å². The molecular formula is C23H27N4O3+. The second-order valence-corrected chi connectivity index (χ2v) is 7.70. The third-order valence-electron chi connectivity index (χ3n) is 5.59. The number of hydrogen-bond donors (Lipinski definition) is 2. The highest BCUT2D eigenvalue weighted by Crippen LogP contribution is 2.15. The van der Waals surface area contributed by atoms with Crippen LogP contribution in [-0.4, -0.2) is 48.5 Å². The van der Waals surface area contributed by atoms with Crippen molar-refractivity contribution in [1.29, 1.82) is 0 Å². The van der Waals surface area contributed by atoms with Crippen molar-refractivity contribution < 1.29 is 14.4 Å². The first-order valence-electron chi connectivity index (χ1n) is 10.3. The summed E-state index contributed by atoms with van der Waals surface area (Å²) >= 11 is 0. The van der Waals surface area contributed by atoms with E-state index in [2.05, 4.69) is 10.4 Å². The SMILES string of the molecule is Cn1nc(CC(=O)N[C@H](C[NH+]2CCOCC2)c2ccccc2)c2ccccc2c1=O. The Kier molecular flexibility index (Phi) is 6.21. The van der Waals surface area contributed by atoms with Gasteiger partial charge in [0, 0.05) is 12.4 Å². The molecule has 0 unspecified atom stereocenters. The number of hydrogen-bond acceptors (Lipinski definition) is 4. The van der Waals surface area contributed by atoms with E-state index in [-0.39, 0.29) is 23.9 Å². The van der Waals surface area contributed by atoms with Crippen LogP contribution in [-0.2, 0) is 23.0 Å². The van der Waals surface area contributed by atoms with E-state index in [0.717, 1.165) is 43.8 Å². The van der Waals surface area contributed by atoms with E-state index >= 15 is 0 Å². The fourth-order valence-corrected chi connectivity index (χ4v) is 3.99. The van der Waals surface area contributed by atoms with Gasteiger partial charge in [0.05, 0.1) is 30.7 Å². The van der Waals surface area contributed by atoms with Crippen LogP contribution in [0.15, 0.2) is 59.4 Å². The van der Waals surface area contributed by atoms with Crippen LogP contribution in [0.25, 0.3) is 10.8 Å². The normalized spacial score (nSPS) is 15.8. The van der Waals surface area contributed by atoms with E-state index in [4.69, 9.17) is 4.74 Å². The standard InChI is InChI=1S/C23H26N4O3/c1-26-23(29)19-10-6-5-9-18(19)20(25-26)15-22(28)24-21(17-7-3-2-4-8-17)16-27-11-13-30-14-12-27/h2-10,21H,11-16H2,1H3,(H,24,28)/p+1/t21-/m1/s1. The first-order valence-corrected chi connectivity index (χ1v) is 10.3. The Bertz CT molecular complexity index is 1070. The summed E-state index contributed by atoms with van der Waals surface area (Å²) in [4.78, 5) is 26.8. The number of rotatable bonds is 6. The minimum atomic E-state index is -0.159. The zero-order valence-electron chi connectivity index (χ0n) is 17.1. The molecule has 1 aromatic heterocycles. The van der Waals surface area contributed by atoms with Crippen LogP contribution in [0.3, 0.4) is 0 Å². The molecular weight excluding hydrogens is 380 g/mol. The Morgan fingerprint density at radius 2 is 1.77 bits per heavy atom. The Hall–Kier alpha value is -3.03. The van der Waals surface area contributed by atoms with Crippen molar-refractivity contribution in [3.63, 3.8) is 0 Å². The van der Waals surface area contributed by atoms with Crippen molar-refractivity contribution in [2.24, 2.45) is 7.05 Å². The molecule has 1 amide bonds. The molecule has 2 aromatic carbocycles. The lowest BCUT2D eigenvalue weighted by atomic mass is 10.0. The number of fused-ring (bicyclic) bond motifs is 1. The maximum atomic E-state index is 13.0. The Labute approximate surface area is 175 Å². The highest BCUT2D eigenvalue weighted by Gasteiger charge is 2.23. The van der Waals surface area contributed by atoms with Crippen molar-refractivity contribution >= 4 is 16.7 Å². The minimum Gasteiger partial charge on any atom is -0.370 e. The molecule has 156 valence electrons. The van der Waals surface area contributed by atoms with Gasteiger partial charge in [-0.15, -0.1) is 0 Å². The van der Waals surface area contributed by atoms with Crippen molar-refractivity contribution in [3.8, 4) is 0 Å². The molecule has 0 bridgehead atoms. The Morgan fingerprint density at radius 3 is 2.50 bits per heavy atom. The molecule has 0 aliphatic carbocycles. The number of quaternary nitrogens is 1. The monoisotopic (exact) mass is 407 g/mol. The maximum absolute atomic E-state index is 13.0. The second kappa shape index (κ2) is 9.19. The molecule has 1 aliphatic heterocycles. The number of carbonyl (C=O) groups excluding carboxylic acids is 1. The number of amides is 1. The van der Waals surface area contributed by atoms with E-state index in [1.807, 2.05) is 48.5 Å². The quantitative estimate of drug-likeness (QED) is 0.614. The summed E-state index contributed by atoms with van der Waals surface area (Å²) in [5.41, 5.74) is 1.53. The molecule has 7 nitrogen and oxygen atoms in total. The molecule has 1 fully saturated rings. The van der Waals surface area contributed by atoms with Crippen LogP contribution in [0.2, 0.25) is 0 Å². The van der Waals surface area contributed by atoms with Crippen LogP contribution in [0.1, 0.15) is 17.3 Å². The van der Waals surface area contributed by atoms with E-state index in [9.17, 15) is 9.59 Å². The van der Waals surface area contributed by atoms with Gasteiger partial charge in [-0.25, -0.2) is 4.68 Å². The van der Waals surface area contributed by atoms with Gasteiger partial charge in [0.2, 0.25) is 5.91 Å². The third kappa shape index (κ3) is 4.58. The van der Waals surface area contributed by atoms with Crippen LogP contribution in [0.5, 0.6) is 0 Å². The van der Waals surface area contributed by atoms with Gasteiger partial charge in [-0.3, -0.25) is 9.59 Å². The number of carbonyl (C=O) groups is 1. The van der Waals surface area contributed by atoms with Crippen molar-refractivity contribution in [2.75, 3.05) is 32.8 Å². The number of nitrogens with one attached hydrogen (secondary N) is 2. The average molecular weight is 407 g/mol.